The number of piperidine rings is 1. The molecule has 176 valence electrons. The van der Waals surface area contributed by atoms with E-state index in [4.69, 9.17) is 4.74 Å². The normalized spacial score (nSPS) is 17.4. The maximum Gasteiger partial charge on any atom is 0.414 e. The Labute approximate surface area is 196 Å². The number of rotatable bonds is 4. The molecule has 0 spiro atoms. The second-order valence-electron chi connectivity index (χ2n) is 8.35. The quantitative estimate of drug-likeness (QED) is 0.526. The summed E-state index contributed by atoms with van der Waals surface area (Å²) in [5.74, 6) is -2.05. The van der Waals surface area contributed by atoms with Crippen LogP contribution in [0.25, 0.3) is 11.1 Å². The number of sulfonamides is 1. The Morgan fingerprint density at radius 3 is 2.15 bits per heavy atom. The standard InChI is InChI=1S/C25H22F2N2O4S/c26-22-14-19-16-33-25(30)29(24(19)15-23(22)27)20-10-12-28(13-11-20)34(31,32)21-8-6-18(7-9-21)17-4-2-1-3-5-17/h1-9,14-15,20H,10-13,16H2. The van der Waals surface area contributed by atoms with Crippen molar-refractivity contribution in [1.29, 1.82) is 0 Å². The van der Waals surface area contributed by atoms with Crippen LogP contribution in [0.2, 0.25) is 0 Å². The Hall–Kier alpha value is -3.30. The molecule has 2 heterocycles. The number of amides is 1. The molecule has 1 saturated heterocycles. The summed E-state index contributed by atoms with van der Waals surface area (Å²) in [6.45, 7) is 0.251. The molecule has 1 amide bonds. The van der Waals surface area contributed by atoms with E-state index in [0.29, 0.717) is 18.4 Å². The number of nitrogens with zero attached hydrogens (tertiary/aromatic N) is 2. The summed E-state index contributed by atoms with van der Waals surface area (Å²) in [5.41, 5.74) is 2.57. The zero-order valence-electron chi connectivity index (χ0n) is 18.2. The first-order valence-corrected chi connectivity index (χ1v) is 12.4. The lowest BCUT2D eigenvalue weighted by Gasteiger charge is -2.39. The van der Waals surface area contributed by atoms with E-state index < -0.39 is 27.8 Å². The maximum absolute atomic E-state index is 13.9. The van der Waals surface area contributed by atoms with Crippen LogP contribution in [0.4, 0.5) is 19.3 Å². The first-order chi connectivity index (χ1) is 16.3. The molecule has 9 heteroatoms. The highest BCUT2D eigenvalue weighted by Gasteiger charge is 2.37. The topological polar surface area (TPSA) is 66.9 Å². The van der Waals surface area contributed by atoms with Gasteiger partial charge in [0.2, 0.25) is 10.0 Å². The van der Waals surface area contributed by atoms with E-state index in [9.17, 15) is 22.0 Å². The summed E-state index contributed by atoms with van der Waals surface area (Å²) in [5, 5.41) is 0. The van der Waals surface area contributed by atoms with Crippen molar-refractivity contribution in [2.24, 2.45) is 0 Å². The predicted octanol–water partition coefficient (Wildman–Crippen LogP) is 4.94. The van der Waals surface area contributed by atoms with Gasteiger partial charge in [-0.15, -0.1) is 0 Å². The lowest BCUT2D eigenvalue weighted by atomic mass is 10.0. The first kappa shape index (κ1) is 22.5. The van der Waals surface area contributed by atoms with Gasteiger partial charge in [0.1, 0.15) is 6.61 Å². The zero-order valence-corrected chi connectivity index (χ0v) is 19.0. The molecule has 3 aromatic rings. The lowest BCUT2D eigenvalue weighted by molar-refractivity contribution is 0.135. The van der Waals surface area contributed by atoms with Gasteiger partial charge in [-0.25, -0.2) is 22.0 Å². The van der Waals surface area contributed by atoms with Crippen molar-refractivity contribution in [2.75, 3.05) is 18.0 Å². The first-order valence-electron chi connectivity index (χ1n) is 10.9. The van der Waals surface area contributed by atoms with Gasteiger partial charge in [0.25, 0.3) is 0 Å². The number of ether oxygens (including phenoxy) is 1. The number of cyclic esters (lactones) is 1. The van der Waals surface area contributed by atoms with Crippen LogP contribution in [0.3, 0.4) is 0 Å². The molecule has 0 atom stereocenters. The fourth-order valence-electron chi connectivity index (χ4n) is 4.51. The third-order valence-electron chi connectivity index (χ3n) is 6.32. The summed E-state index contributed by atoms with van der Waals surface area (Å²) in [6, 6.07) is 18.1. The monoisotopic (exact) mass is 484 g/mol. The van der Waals surface area contributed by atoms with Crippen LogP contribution in [-0.4, -0.2) is 37.9 Å². The van der Waals surface area contributed by atoms with E-state index >= 15 is 0 Å². The largest absolute Gasteiger partial charge is 0.444 e. The molecule has 0 N–H and O–H groups in total. The molecule has 0 unspecified atom stereocenters. The molecule has 1 fully saturated rings. The van der Waals surface area contributed by atoms with Gasteiger partial charge >= 0.3 is 6.09 Å². The van der Waals surface area contributed by atoms with Gasteiger partial charge in [-0.05, 0) is 42.2 Å². The van der Waals surface area contributed by atoms with Crippen molar-refractivity contribution in [3.8, 4) is 11.1 Å². The minimum atomic E-state index is -3.71. The average molecular weight is 485 g/mol. The Balaban J connectivity index is 1.32. The van der Waals surface area contributed by atoms with Crippen LogP contribution in [0.5, 0.6) is 0 Å². The maximum atomic E-state index is 13.9. The highest BCUT2D eigenvalue weighted by Crippen LogP contribution is 2.34. The second-order valence-corrected chi connectivity index (χ2v) is 10.3. The van der Waals surface area contributed by atoms with E-state index in [1.165, 1.54) is 9.21 Å². The Kier molecular flexibility index (Phi) is 5.83. The molecule has 34 heavy (non-hydrogen) atoms. The second kappa shape index (κ2) is 8.81. The van der Waals surface area contributed by atoms with Crippen molar-refractivity contribution in [1.82, 2.24) is 4.31 Å². The van der Waals surface area contributed by atoms with Crippen molar-refractivity contribution in [2.45, 2.75) is 30.4 Å². The highest BCUT2D eigenvalue weighted by molar-refractivity contribution is 7.89. The molecule has 0 aromatic heterocycles. The lowest BCUT2D eigenvalue weighted by Crippen LogP contribution is -2.50. The molecule has 0 saturated carbocycles. The average Bonchev–Trinajstić information content (AvgIpc) is 2.86. The van der Waals surface area contributed by atoms with Gasteiger partial charge in [-0.3, -0.25) is 4.90 Å². The third kappa shape index (κ3) is 4.05. The summed E-state index contributed by atoms with van der Waals surface area (Å²) in [4.78, 5) is 14.0. The van der Waals surface area contributed by atoms with Crippen LogP contribution in [-0.2, 0) is 21.4 Å². The number of hydrogen-bond acceptors (Lipinski definition) is 4. The van der Waals surface area contributed by atoms with E-state index in [2.05, 4.69) is 0 Å². The minimum absolute atomic E-state index is 0.131. The SMILES string of the molecule is O=C1OCc2cc(F)c(F)cc2N1C1CCN(S(=O)(=O)c2ccc(-c3ccccc3)cc2)CC1. The van der Waals surface area contributed by atoms with Crippen LogP contribution in [0, 0.1) is 11.6 Å². The summed E-state index contributed by atoms with van der Waals surface area (Å²) in [6.07, 6.45) is 0.0420. The van der Waals surface area contributed by atoms with Gasteiger partial charge < -0.3 is 4.74 Å². The van der Waals surface area contributed by atoms with Crippen molar-refractivity contribution < 1.29 is 26.7 Å². The number of fused-ring (bicyclic) bond motifs is 1. The molecular weight excluding hydrogens is 462 g/mol. The molecule has 0 radical (unpaired) electrons. The molecule has 0 aliphatic carbocycles. The molecule has 6 nitrogen and oxygen atoms in total. The third-order valence-corrected chi connectivity index (χ3v) is 8.23. The van der Waals surface area contributed by atoms with E-state index in [0.717, 1.165) is 23.3 Å². The Bertz CT molecular complexity index is 1320. The molecule has 2 aliphatic heterocycles. The smallest absolute Gasteiger partial charge is 0.414 e. The van der Waals surface area contributed by atoms with Crippen molar-refractivity contribution in [3.05, 3.63) is 83.9 Å². The summed E-state index contributed by atoms with van der Waals surface area (Å²) < 4.78 is 60.4. The zero-order chi connectivity index (χ0) is 23.9. The number of hydrogen-bond donors (Lipinski definition) is 0. The fraction of sp³-hybridized carbons (Fsp3) is 0.240. The van der Waals surface area contributed by atoms with Crippen molar-refractivity contribution >= 4 is 21.8 Å². The van der Waals surface area contributed by atoms with Gasteiger partial charge in [-0.1, -0.05) is 42.5 Å². The Morgan fingerprint density at radius 2 is 1.47 bits per heavy atom. The number of carbonyl (C=O) groups is 1. The van der Waals surface area contributed by atoms with Gasteiger partial charge in [0.05, 0.1) is 10.6 Å². The van der Waals surface area contributed by atoms with Gasteiger partial charge in [0.15, 0.2) is 11.6 Å². The molecule has 5 rings (SSSR count). The Morgan fingerprint density at radius 1 is 0.853 bits per heavy atom. The predicted molar refractivity (Wildman–Crippen MR) is 123 cm³/mol. The molecule has 3 aromatic carbocycles. The van der Waals surface area contributed by atoms with Crippen LogP contribution >= 0.6 is 0 Å². The van der Waals surface area contributed by atoms with Gasteiger partial charge in [0, 0.05) is 30.8 Å². The molecular formula is C25H22F2N2O4S. The number of carbonyl (C=O) groups excluding carboxylic acids is 1. The summed E-state index contributed by atoms with van der Waals surface area (Å²) >= 11 is 0. The van der Waals surface area contributed by atoms with E-state index in [-0.39, 0.29) is 36.3 Å². The van der Waals surface area contributed by atoms with E-state index in [1.807, 2.05) is 30.3 Å². The number of anilines is 1. The van der Waals surface area contributed by atoms with Crippen LogP contribution in [0.15, 0.2) is 71.6 Å². The fourth-order valence-corrected chi connectivity index (χ4v) is 5.98. The number of benzene rings is 3. The highest BCUT2D eigenvalue weighted by atomic mass is 32.2. The molecule has 0 bridgehead atoms. The minimum Gasteiger partial charge on any atom is -0.444 e. The van der Waals surface area contributed by atoms with E-state index in [1.54, 1.807) is 24.3 Å². The van der Waals surface area contributed by atoms with Crippen LogP contribution < -0.4 is 4.90 Å². The number of halogens is 2. The summed E-state index contributed by atoms with van der Waals surface area (Å²) in [7, 11) is -3.71. The van der Waals surface area contributed by atoms with Gasteiger partial charge in [-0.2, -0.15) is 4.31 Å². The molecule has 2 aliphatic rings. The van der Waals surface area contributed by atoms with Crippen LogP contribution in [0.1, 0.15) is 18.4 Å². The van der Waals surface area contributed by atoms with Crippen molar-refractivity contribution in [3.63, 3.8) is 0 Å².